The number of carbonyl (C=O) groups excluding carboxylic acids is 3. The maximum absolute atomic E-state index is 14.1. The highest BCUT2D eigenvalue weighted by molar-refractivity contribution is 7.13. The van der Waals surface area contributed by atoms with E-state index in [2.05, 4.69) is 15.6 Å². The van der Waals surface area contributed by atoms with Gasteiger partial charge in [0.05, 0.1) is 35.0 Å². The molecule has 4 N–H and O–H groups in total. The maximum Gasteiger partial charge on any atom is 0.357 e. The van der Waals surface area contributed by atoms with E-state index in [0.29, 0.717) is 59.5 Å². The van der Waals surface area contributed by atoms with E-state index >= 15 is 0 Å². The SMILES string of the molecule is COC(=O)c1nc(C(=O)Nc2cc(OC)c(OC)c(OC)c2)ccc1-c1cc2c(cc1C(=O)Nc1ccc(CN)cc1)-c1sccc1CCO2. The van der Waals surface area contributed by atoms with E-state index in [-0.39, 0.29) is 22.5 Å². The largest absolute Gasteiger partial charge is 0.493 e. The molecular formula is C37H34N4O8S. The number of nitrogens with zero attached hydrogens (tertiary/aromatic N) is 1. The van der Waals surface area contributed by atoms with Gasteiger partial charge in [-0.15, -0.1) is 11.3 Å². The lowest BCUT2D eigenvalue weighted by Gasteiger charge is -2.18. The molecule has 1 aliphatic rings. The van der Waals surface area contributed by atoms with Gasteiger partial charge in [0.1, 0.15) is 11.4 Å². The van der Waals surface area contributed by atoms with Gasteiger partial charge in [0.2, 0.25) is 5.75 Å². The molecule has 5 aromatic rings. The smallest absolute Gasteiger partial charge is 0.357 e. The molecule has 1 aliphatic heterocycles. The molecule has 0 unspecified atom stereocenters. The average Bonchev–Trinajstić information content (AvgIpc) is 3.55. The maximum atomic E-state index is 14.1. The topological polar surface area (TPSA) is 160 Å². The lowest BCUT2D eigenvalue weighted by atomic mass is 9.93. The minimum atomic E-state index is -0.803. The summed E-state index contributed by atoms with van der Waals surface area (Å²) in [4.78, 5) is 46.3. The van der Waals surface area contributed by atoms with Crippen LogP contribution in [0.25, 0.3) is 21.6 Å². The van der Waals surface area contributed by atoms with Crippen LogP contribution in [-0.4, -0.2) is 57.8 Å². The number of hydrogen-bond acceptors (Lipinski definition) is 11. The molecule has 6 rings (SSSR count). The summed E-state index contributed by atoms with van der Waals surface area (Å²) in [5.74, 6) is -0.275. The molecule has 0 atom stereocenters. The van der Waals surface area contributed by atoms with Crippen molar-refractivity contribution in [1.82, 2.24) is 4.98 Å². The van der Waals surface area contributed by atoms with Crippen LogP contribution in [0.15, 0.2) is 72.1 Å². The van der Waals surface area contributed by atoms with Gasteiger partial charge in [-0.2, -0.15) is 0 Å². The summed E-state index contributed by atoms with van der Waals surface area (Å²) in [5.41, 5.74) is 10.1. The molecule has 256 valence electrons. The van der Waals surface area contributed by atoms with E-state index in [4.69, 9.17) is 29.4 Å². The summed E-state index contributed by atoms with van der Waals surface area (Å²) in [6.45, 7) is 0.795. The van der Waals surface area contributed by atoms with Crippen LogP contribution >= 0.6 is 11.3 Å². The van der Waals surface area contributed by atoms with Crippen LogP contribution in [0.2, 0.25) is 0 Å². The van der Waals surface area contributed by atoms with Crippen molar-refractivity contribution in [3.05, 3.63) is 100 Å². The monoisotopic (exact) mass is 694 g/mol. The van der Waals surface area contributed by atoms with Crippen molar-refractivity contribution in [1.29, 1.82) is 0 Å². The number of anilines is 2. The van der Waals surface area contributed by atoms with Crippen LogP contribution in [0.4, 0.5) is 11.4 Å². The number of nitrogens with two attached hydrogens (primary N) is 1. The third kappa shape index (κ3) is 6.68. The summed E-state index contributed by atoms with van der Waals surface area (Å²) in [5, 5.41) is 7.73. The van der Waals surface area contributed by atoms with Crippen molar-refractivity contribution < 1.29 is 38.1 Å². The second kappa shape index (κ2) is 14.7. The molecule has 2 amide bonds. The van der Waals surface area contributed by atoms with Crippen molar-refractivity contribution in [2.75, 3.05) is 45.7 Å². The lowest BCUT2D eigenvalue weighted by Crippen LogP contribution is -2.18. The fourth-order valence-electron chi connectivity index (χ4n) is 5.65. The summed E-state index contributed by atoms with van der Waals surface area (Å²) < 4.78 is 27.4. The summed E-state index contributed by atoms with van der Waals surface area (Å²) in [6.07, 6.45) is 0.697. The van der Waals surface area contributed by atoms with Crippen LogP contribution in [0, 0.1) is 0 Å². The Balaban J connectivity index is 1.44. The van der Waals surface area contributed by atoms with Gasteiger partial charge in [-0.05, 0) is 59.0 Å². The summed E-state index contributed by atoms with van der Waals surface area (Å²) in [7, 11) is 5.62. The second-order valence-electron chi connectivity index (χ2n) is 11.1. The van der Waals surface area contributed by atoms with Crippen molar-refractivity contribution in [2.24, 2.45) is 5.73 Å². The number of ether oxygens (including phenoxy) is 5. The number of methoxy groups -OCH3 is 4. The van der Waals surface area contributed by atoms with Crippen LogP contribution < -0.4 is 35.3 Å². The quantitative estimate of drug-likeness (QED) is 0.144. The normalized spacial score (nSPS) is 11.6. The molecular weight excluding hydrogens is 660 g/mol. The number of amides is 2. The van der Waals surface area contributed by atoms with E-state index in [9.17, 15) is 14.4 Å². The number of rotatable bonds is 10. The van der Waals surface area contributed by atoms with Gasteiger partial charge in [-0.1, -0.05) is 12.1 Å². The lowest BCUT2D eigenvalue weighted by molar-refractivity contribution is 0.0594. The molecule has 0 bridgehead atoms. The average molecular weight is 695 g/mol. The first-order valence-corrected chi connectivity index (χ1v) is 16.4. The van der Waals surface area contributed by atoms with Gasteiger partial charge in [0.15, 0.2) is 17.2 Å². The Hall–Kier alpha value is -5.92. The third-order valence-electron chi connectivity index (χ3n) is 8.15. The predicted octanol–water partition coefficient (Wildman–Crippen LogP) is 6.19. The zero-order valence-electron chi connectivity index (χ0n) is 27.7. The van der Waals surface area contributed by atoms with E-state index in [0.717, 1.165) is 21.6 Å². The molecule has 50 heavy (non-hydrogen) atoms. The van der Waals surface area contributed by atoms with Gasteiger partial charge < -0.3 is 40.1 Å². The molecule has 12 nitrogen and oxygen atoms in total. The number of nitrogens with one attached hydrogen (secondary N) is 2. The van der Waals surface area contributed by atoms with E-state index in [1.54, 1.807) is 53.8 Å². The van der Waals surface area contributed by atoms with Crippen LogP contribution in [-0.2, 0) is 17.7 Å². The fourth-order valence-corrected chi connectivity index (χ4v) is 6.63. The van der Waals surface area contributed by atoms with E-state index in [1.165, 1.54) is 34.5 Å². The standard InChI is InChI=1S/C37H34N4O8S/c1-45-30-15-23(16-31(46-2)33(30)47-3)40-36(43)28-10-9-24(32(41-28)37(44)48-4)25-18-29-27(34-21(11-13-49-29)12-14-50-34)17-26(25)35(42)39-22-7-5-20(19-38)6-8-22/h5-10,12,14-18H,11,13,19,38H2,1-4H3,(H,39,42)(H,40,43). The molecule has 0 saturated heterocycles. The highest BCUT2D eigenvalue weighted by Gasteiger charge is 2.27. The van der Waals surface area contributed by atoms with Gasteiger partial charge in [-0.3, -0.25) is 9.59 Å². The predicted molar refractivity (Wildman–Crippen MR) is 190 cm³/mol. The van der Waals surface area contributed by atoms with E-state index < -0.39 is 17.8 Å². The molecule has 0 fully saturated rings. The first-order chi connectivity index (χ1) is 24.3. The molecule has 0 radical (unpaired) electrons. The van der Waals surface area contributed by atoms with Crippen molar-refractivity contribution in [3.8, 4) is 44.6 Å². The zero-order valence-corrected chi connectivity index (χ0v) is 28.6. The van der Waals surface area contributed by atoms with Crippen molar-refractivity contribution >= 4 is 40.5 Å². The molecule has 0 spiro atoms. The third-order valence-corrected chi connectivity index (χ3v) is 9.14. The van der Waals surface area contributed by atoms with Crippen LogP contribution in [0.1, 0.15) is 42.5 Å². The van der Waals surface area contributed by atoms with Crippen LogP contribution in [0.5, 0.6) is 23.0 Å². The summed E-state index contributed by atoms with van der Waals surface area (Å²) >= 11 is 1.56. The molecule has 13 heteroatoms. The van der Waals surface area contributed by atoms with Crippen molar-refractivity contribution in [2.45, 2.75) is 13.0 Å². The number of fused-ring (bicyclic) bond motifs is 3. The van der Waals surface area contributed by atoms with Gasteiger partial charge >= 0.3 is 5.97 Å². The minimum absolute atomic E-state index is 0.0804. The Bertz CT molecular complexity index is 2070. The fraction of sp³-hybridized carbons (Fsp3) is 0.189. The highest BCUT2D eigenvalue weighted by atomic mass is 32.1. The highest BCUT2D eigenvalue weighted by Crippen LogP contribution is 2.44. The number of pyridine rings is 1. The Labute approximate surface area is 292 Å². The first kappa shape index (κ1) is 34.0. The van der Waals surface area contributed by atoms with Gasteiger partial charge in [0, 0.05) is 63.6 Å². The van der Waals surface area contributed by atoms with Gasteiger partial charge in [0.25, 0.3) is 11.8 Å². The number of esters is 1. The number of benzene rings is 3. The Morgan fingerprint density at radius 1 is 0.820 bits per heavy atom. The number of hydrogen-bond donors (Lipinski definition) is 3. The first-order valence-electron chi connectivity index (χ1n) is 15.5. The Kier molecular flexibility index (Phi) is 9.97. The summed E-state index contributed by atoms with van der Waals surface area (Å²) in [6, 6.07) is 18.9. The van der Waals surface area contributed by atoms with Crippen LogP contribution in [0.3, 0.4) is 0 Å². The molecule has 3 aromatic carbocycles. The molecule has 0 saturated carbocycles. The van der Waals surface area contributed by atoms with E-state index in [1.807, 2.05) is 23.6 Å². The number of aromatic nitrogens is 1. The van der Waals surface area contributed by atoms with Gasteiger partial charge in [-0.25, -0.2) is 9.78 Å². The Morgan fingerprint density at radius 3 is 2.20 bits per heavy atom. The zero-order chi connectivity index (χ0) is 35.4. The molecule has 3 heterocycles. The second-order valence-corrected chi connectivity index (χ2v) is 12.0. The molecule has 2 aromatic heterocycles. The van der Waals surface area contributed by atoms with Crippen molar-refractivity contribution in [3.63, 3.8) is 0 Å². The molecule has 0 aliphatic carbocycles. The minimum Gasteiger partial charge on any atom is -0.493 e. The number of thiophene rings is 1. The number of carbonyl (C=O) groups is 3. The Morgan fingerprint density at radius 2 is 1.54 bits per heavy atom.